The van der Waals surface area contributed by atoms with E-state index in [0.717, 1.165) is 5.69 Å². The quantitative estimate of drug-likeness (QED) is 0.716. The molecule has 0 saturated carbocycles. The number of nitrogens with one attached hydrogen (secondary N) is 2. The molecular weight excluding hydrogens is 288 g/mol. The number of aromatic amines is 1. The lowest BCUT2D eigenvalue weighted by atomic mass is 10.2. The van der Waals surface area contributed by atoms with Gasteiger partial charge >= 0.3 is 0 Å². The summed E-state index contributed by atoms with van der Waals surface area (Å²) >= 11 is 11.7. The highest BCUT2D eigenvalue weighted by Gasteiger charge is 2.13. The van der Waals surface area contributed by atoms with Gasteiger partial charge in [0, 0.05) is 10.7 Å². The number of rotatable bonds is 2. The zero-order valence-corrected chi connectivity index (χ0v) is 11.1. The van der Waals surface area contributed by atoms with E-state index in [-0.39, 0.29) is 5.02 Å². The van der Waals surface area contributed by atoms with Crippen LogP contribution in [-0.2, 0) is 0 Å². The third kappa shape index (κ3) is 2.25. The molecule has 2 aromatic carbocycles. The molecule has 96 valence electrons. The molecule has 0 unspecified atom stereocenters. The van der Waals surface area contributed by atoms with Crippen molar-refractivity contribution < 1.29 is 4.39 Å². The summed E-state index contributed by atoms with van der Waals surface area (Å²) in [6.45, 7) is 0. The Balaban J connectivity index is 2.08. The molecule has 0 aliphatic rings. The first-order chi connectivity index (χ1) is 9.15. The fourth-order valence-electron chi connectivity index (χ4n) is 1.84. The number of hydrogen-bond donors (Lipinski definition) is 2. The summed E-state index contributed by atoms with van der Waals surface area (Å²) in [6.07, 6.45) is 0. The smallest absolute Gasteiger partial charge is 0.163 e. The average Bonchev–Trinajstić information content (AvgIpc) is 2.78. The molecule has 1 heterocycles. The molecule has 3 aromatic rings. The van der Waals surface area contributed by atoms with Gasteiger partial charge in [0.15, 0.2) is 11.6 Å². The maximum Gasteiger partial charge on any atom is 0.163 e. The Bertz CT molecular complexity index is 755. The zero-order chi connectivity index (χ0) is 13.4. The van der Waals surface area contributed by atoms with Crippen molar-refractivity contribution in [1.29, 1.82) is 0 Å². The third-order valence-electron chi connectivity index (χ3n) is 2.71. The summed E-state index contributed by atoms with van der Waals surface area (Å²) < 4.78 is 14.0. The third-order valence-corrected chi connectivity index (χ3v) is 3.23. The van der Waals surface area contributed by atoms with Crippen LogP contribution >= 0.6 is 23.2 Å². The van der Waals surface area contributed by atoms with Crippen molar-refractivity contribution in [3.05, 3.63) is 52.3 Å². The van der Waals surface area contributed by atoms with Crippen LogP contribution < -0.4 is 5.32 Å². The van der Waals surface area contributed by atoms with Crippen LogP contribution in [0.25, 0.3) is 10.9 Å². The van der Waals surface area contributed by atoms with Crippen LogP contribution in [0.1, 0.15) is 0 Å². The van der Waals surface area contributed by atoms with Gasteiger partial charge in [-0.05, 0) is 30.3 Å². The van der Waals surface area contributed by atoms with Gasteiger partial charge in [-0.3, -0.25) is 5.10 Å². The number of H-pyrrole nitrogens is 1. The number of hydrogen-bond acceptors (Lipinski definition) is 2. The maximum absolute atomic E-state index is 14.0. The predicted octanol–water partition coefficient (Wildman–Crippen LogP) is 4.75. The summed E-state index contributed by atoms with van der Waals surface area (Å²) in [5, 5.41) is 10.8. The fraction of sp³-hybridized carbons (Fsp3) is 0. The van der Waals surface area contributed by atoms with E-state index in [4.69, 9.17) is 23.2 Å². The molecule has 0 fully saturated rings. The van der Waals surface area contributed by atoms with Crippen LogP contribution in [0.4, 0.5) is 15.9 Å². The molecule has 6 heteroatoms. The minimum Gasteiger partial charge on any atom is -0.338 e. The summed E-state index contributed by atoms with van der Waals surface area (Å²) in [5.41, 5.74) is 1.30. The van der Waals surface area contributed by atoms with Crippen LogP contribution in [0.15, 0.2) is 36.4 Å². The molecule has 0 spiro atoms. The van der Waals surface area contributed by atoms with E-state index in [1.807, 2.05) is 6.07 Å². The van der Waals surface area contributed by atoms with Crippen molar-refractivity contribution >= 4 is 45.6 Å². The minimum atomic E-state index is -0.502. The van der Waals surface area contributed by atoms with Crippen molar-refractivity contribution in [3.8, 4) is 0 Å². The molecule has 2 N–H and O–H groups in total. The highest BCUT2D eigenvalue weighted by atomic mass is 35.5. The van der Waals surface area contributed by atoms with Crippen LogP contribution in [-0.4, -0.2) is 10.2 Å². The van der Waals surface area contributed by atoms with Crippen molar-refractivity contribution in [2.75, 3.05) is 5.32 Å². The number of aromatic nitrogens is 2. The highest BCUT2D eigenvalue weighted by Crippen LogP contribution is 2.30. The number of benzene rings is 2. The minimum absolute atomic E-state index is 0.0584. The lowest BCUT2D eigenvalue weighted by molar-refractivity contribution is 0.640. The number of nitrogens with zero attached hydrogens (tertiary/aromatic N) is 1. The molecule has 0 saturated heterocycles. The number of anilines is 2. The Morgan fingerprint density at radius 3 is 2.79 bits per heavy atom. The topological polar surface area (TPSA) is 40.7 Å². The van der Waals surface area contributed by atoms with Gasteiger partial charge in [-0.15, -0.1) is 0 Å². The lowest BCUT2D eigenvalue weighted by Crippen LogP contribution is -1.92. The Kier molecular flexibility index (Phi) is 3.05. The molecule has 0 radical (unpaired) electrons. The summed E-state index contributed by atoms with van der Waals surface area (Å²) in [4.78, 5) is 0. The second kappa shape index (κ2) is 4.72. The number of fused-ring (bicyclic) bond motifs is 1. The van der Waals surface area contributed by atoms with Gasteiger partial charge in [-0.25, -0.2) is 4.39 Å². The van der Waals surface area contributed by atoms with Gasteiger partial charge in [0.05, 0.1) is 15.9 Å². The van der Waals surface area contributed by atoms with Gasteiger partial charge in [-0.1, -0.05) is 29.3 Å². The molecule has 3 rings (SSSR count). The molecule has 0 atom stereocenters. The molecule has 0 aliphatic heterocycles. The second-order valence-electron chi connectivity index (χ2n) is 3.99. The standard InChI is InChI=1S/C13H8Cl2FN3/c14-7-2-1-3-8(6-7)17-13-11-10(18-19-13)5-4-9(15)12(11)16/h1-6H,(H2,17,18,19). The second-order valence-corrected chi connectivity index (χ2v) is 4.84. The van der Waals surface area contributed by atoms with E-state index in [9.17, 15) is 4.39 Å². The monoisotopic (exact) mass is 295 g/mol. The molecule has 1 aromatic heterocycles. The first kappa shape index (κ1) is 12.3. The van der Waals surface area contributed by atoms with Gasteiger partial charge < -0.3 is 5.32 Å². The van der Waals surface area contributed by atoms with Gasteiger partial charge in [0.2, 0.25) is 0 Å². The SMILES string of the molecule is Fc1c(Cl)ccc2[nH]nc(Nc3cccc(Cl)c3)c12. The first-order valence-corrected chi connectivity index (χ1v) is 6.25. The Hall–Kier alpha value is -1.78. The fourth-order valence-corrected chi connectivity index (χ4v) is 2.19. The van der Waals surface area contributed by atoms with Crippen molar-refractivity contribution in [1.82, 2.24) is 10.2 Å². The molecule has 0 aliphatic carbocycles. The first-order valence-electron chi connectivity index (χ1n) is 5.50. The molecule has 0 amide bonds. The van der Waals surface area contributed by atoms with Crippen molar-refractivity contribution in [2.24, 2.45) is 0 Å². The van der Waals surface area contributed by atoms with Crippen LogP contribution in [0.2, 0.25) is 10.0 Å². The summed E-state index contributed by atoms with van der Waals surface area (Å²) in [5.74, 6) is -0.130. The van der Waals surface area contributed by atoms with E-state index >= 15 is 0 Å². The van der Waals surface area contributed by atoms with Crippen molar-refractivity contribution in [3.63, 3.8) is 0 Å². The normalized spacial score (nSPS) is 10.9. The van der Waals surface area contributed by atoms with E-state index in [0.29, 0.717) is 21.7 Å². The summed E-state index contributed by atoms with van der Waals surface area (Å²) in [7, 11) is 0. The Labute approximate surface area is 118 Å². The lowest BCUT2D eigenvalue weighted by Gasteiger charge is -2.04. The van der Waals surface area contributed by atoms with E-state index < -0.39 is 5.82 Å². The van der Waals surface area contributed by atoms with Crippen LogP contribution in [0, 0.1) is 5.82 Å². The Morgan fingerprint density at radius 2 is 2.00 bits per heavy atom. The Morgan fingerprint density at radius 1 is 1.16 bits per heavy atom. The zero-order valence-electron chi connectivity index (χ0n) is 9.55. The molecule has 3 nitrogen and oxygen atoms in total. The van der Waals surface area contributed by atoms with Gasteiger partial charge in [-0.2, -0.15) is 5.10 Å². The van der Waals surface area contributed by atoms with Gasteiger partial charge in [0.1, 0.15) is 0 Å². The largest absolute Gasteiger partial charge is 0.338 e. The van der Waals surface area contributed by atoms with E-state index in [1.165, 1.54) is 6.07 Å². The maximum atomic E-state index is 14.0. The number of halogens is 3. The van der Waals surface area contributed by atoms with E-state index in [2.05, 4.69) is 15.5 Å². The highest BCUT2D eigenvalue weighted by molar-refractivity contribution is 6.31. The van der Waals surface area contributed by atoms with Crippen LogP contribution in [0.3, 0.4) is 0 Å². The summed E-state index contributed by atoms with van der Waals surface area (Å²) in [6, 6.07) is 10.3. The molecule has 0 bridgehead atoms. The van der Waals surface area contributed by atoms with Crippen LogP contribution in [0.5, 0.6) is 0 Å². The molecular formula is C13H8Cl2FN3. The predicted molar refractivity (Wildman–Crippen MR) is 75.8 cm³/mol. The van der Waals surface area contributed by atoms with Gasteiger partial charge in [0.25, 0.3) is 0 Å². The average molecular weight is 296 g/mol. The molecule has 19 heavy (non-hydrogen) atoms. The van der Waals surface area contributed by atoms with E-state index in [1.54, 1.807) is 24.3 Å². The van der Waals surface area contributed by atoms with Crippen molar-refractivity contribution in [2.45, 2.75) is 0 Å².